The first kappa shape index (κ1) is 24.5. The van der Waals surface area contributed by atoms with Crippen molar-refractivity contribution in [2.24, 2.45) is 40.5 Å². The van der Waals surface area contributed by atoms with Crippen LogP contribution in [0.4, 0.5) is 0 Å². The van der Waals surface area contributed by atoms with Crippen LogP contribution in [-0.4, -0.2) is 73.4 Å². The summed E-state index contributed by atoms with van der Waals surface area (Å²) in [5.41, 5.74) is 0. The fraction of sp³-hybridized carbons (Fsp3) is 0.783. The maximum absolute atomic E-state index is 12.8. The molecule has 0 spiro atoms. The largest absolute Gasteiger partial charge is 0.357 e. The number of hydrogen-bond acceptors (Lipinski definition) is 4. The van der Waals surface area contributed by atoms with Crippen LogP contribution in [0, 0.1) is 35.5 Å². The van der Waals surface area contributed by atoms with E-state index >= 15 is 0 Å². The Morgan fingerprint density at radius 2 is 1.61 bits per heavy atom. The van der Waals surface area contributed by atoms with Gasteiger partial charge < -0.3 is 15.5 Å². The summed E-state index contributed by atoms with van der Waals surface area (Å²) in [6, 6.07) is 0. The second kappa shape index (κ2) is 10.6. The lowest BCUT2D eigenvalue weighted by molar-refractivity contribution is -0.140. The van der Waals surface area contributed by atoms with Crippen LogP contribution in [0.5, 0.6) is 0 Å². The van der Waals surface area contributed by atoms with E-state index in [4.69, 9.17) is 4.99 Å². The number of hydrogen-bond donors (Lipinski definition) is 2. The highest BCUT2D eigenvalue weighted by molar-refractivity contribution is 14.0. The van der Waals surface area contributed by atoms with E-state index in [1.807, 2.05) is 6.92 Å². The number of imide groups is 1. The first-order chi connectivity index (χ1) is 14.5. The number of carbonyl (C=O) groups excluding carboxylic acids is 2. The molecular formula is C23H38IN5O2. The monoisotopic (exact) mass is 543 g/mol. The number of carbonyl (C=O) groups is 2. The minimum Gasteiger partial charge on any atom is -0.357 e. The van der Waals surface area contributed by atoms with Gasteiger partial charge >= 0.3 is 0 Å². The zero-order chi connectivity index (χ0) is 21.3. The summed E-state index contributed by atoms with van der Waals surface area (Å²) in [6.45, 7) is 12.4. The summed E-state index contributed by atoms with van der Waals surface area (Å²) in [6.07, 6.45) is 6.57. The number of guanidine groups is 1. The van der Waals surface area contributed by atoms with Gasteiger partial charge in [0, 0.05) is 39.3 Å². The normalized spacial score (nSPS) is 34.8. The fourth-order valence-electron chi connectivity index (χ4n) is 6.09. The van der Waals surface area contributed by atoms with Crippen molar-refractivity contribution >= 4 is 41.8 Å². The Morgan fingerprint density at radius 1 is 1.00 bits per heavy atom. The molecule has 4 aliphatic rings. The average Bonchev–Trinajstić information content (AvgIpc) is 3.37. The van der Waals surface area contributed by atoms with Gasteiger partial charge in [0.15, 0.2) is 5.96 Å². The number of nitrogens with zero attached hydrogens (tertiary/aromatic N) is 3. The third-order valence-electron chi connectivity index (χ3n) is 7.16. The lowest BCUT2D eigenvalue weighted by atomic mass is 9.85. The van der Waals surface area contributed by atoms with E-state index in [0.717, 1.165) is 56.9 Å². The van der Waals surface area contributed by atoms with Crippen molar-refractivity contribution in [3.8, 4) is 0 Å². The first-order valence-corrected chi connectivity index (χ1v) is 11.8. The molecule has 0 radical (unpaired) electrons. The highest BCUT2D eigenvalue weighted by Crippen LogP contribution is 2.52. The molecule has 2 aliphatic carbocycles. The van der Waals surface area contributed by atoms with Crippen molar-refractivity contribution in [2.45, 2.75) is 33.6 Å². The summed E-state index contributed by atoms with van der Waals surface area (Å²) in [5.74, 6) is 2.65. The molecule has 6 atom stereocenters. The van der Waals surface area contributed by atoms with E-state index in [1.54, 1.807) is 0 Å². The zero-order valence-electron chi connectivity index (χ0n) is 19.0. The third-order valence-corrected chi connectivity index (χ3v) is 7.16. The molecule has 1 saturated carbocycles. The third kappa shape index (κ3) is 5.26. The molecule has 2 heterocycles. The first-order valence-electron chi connectivity index (χ1n) is 11.8. The smallest absolute Gasteiger partial charge is 0.233 e. The molecule has 8 heteroatoms. The number of rotatable bonds is 7. The number of likely N-dealkylation sites (tertiary alicyclic amines) is 2. The molecule has 31 heavy (non-hydrogen) atoms. The minimum absolute atomic E-state index is 0. The molecule has 7 nitrogen and oxygen atoms in total. The number of halogens is 1. The van der Waals surface area contributed by atoms with Gasteiger partial charge in [-0.05, 0) is 43.4 Å². The van der Waals surface area contributed by atoms with Crippen LogP contribution in [0.25, 0.3) is 0 Å². The predicted molar refractivity (Wildman–Crippen MR) is 133 cm³/mol. The van der Waals surface area contributed by atoms with E-state index in [1.165, 1.54) is 11.3 Å². The molecule has 3 fully saturated rings. The summed E-state index contributed by atoms with van der Waals surface area (Å²) < 4.78 is 0. The van der Waals surface area contributed by atoms with Gasteiger partial charge in [0.2, 0.25) is 11.8 Å². The van der Waals surface area contributed by atoms with Crippen LogP contribution in [0.1, 0.15) is 33.6 Å². The van der Waals surface area contributed by atoms with Crippen LogP contribution in [0.2, 0.25) is 0 Å². The summed E-state index contributed by atoms with van der Waals surface area (Å²) in [7, 11) is 0. The Bertz CT molecular complexity index is 687. The zero-order valence-corrected chi connectivity index (χ0v) is 21.4. The SMILES string of the molecule is CCNC(=NCCN1CC(C)CC(C)C1)NCCN1C(=O)C2C3C=CC(C3)C2C1=O.I. The van der Waals surface area contributed by atoms with Gasteiger partial charge in [-0.25, -0.2) is 0 Å². The molecule has 6 unspecified atom stereocenters. The molecule has 2 aliphatic heterocycles. The van der Waals surface area contributed by atoms with Crippen LogP contribution >= 0.6 is 24.0 Å². The maximum atomic E-state index is 12.8. The highest BCUT2D eigenvalue weighted by atomic mass is 127. The van der Waals surface area contributed by atoms with E-state index < -0.39 is 0 Å². The van der Waals surface area contributed by atoms with Gasteiger partial charge in [0.05, 0.1) is 18.4 Å². The Morgan fingerprint density at radius 3 is 2.19 bits per heavy atom. The van der Waals surface area contributed by atoms with Crippen LogP contribution in [-0.2, 0) is 9.59 Å². The van der Waals surface area contributed by atoms with Crippen LogP contribution in [0.3, 0.4) is 0 Å². The van der Waals surface area contributed by atoms with Crippen molar-refractivity contribution in [3.63, 3.8) is 0 Å². The molecule has 2 amide bonds. The lowest BCUT2D eigenvalue weighted by Gasteiger charge is -2.34. The number of aliphatic imine (C=N–C) groups is 1. The Balaban J connectivity index is 0.00000272. The quantitative estimate of drug-likeness (QED) is 0.169. The van der Waals surface area contributed by atoms with Gasteiger partial charge in [-0.15, -0.1) is 24.0 Å². The van der Waals surface area contributed by atoms with Gasteiger partial charge in [-0.2, -0.15) is 0 Å². The molecule has 2 saturated heterocycles. The average molecular weight is 543 g/mol. The molecule has 0 aromatic rings. The summed E-state index contributed by atoms with van der Waals surface area (Å²) in [4.78, 5) is 34.3. The second-order valence-electron chi connectivity index (χ2n) is 9.72. The number of allylic oxidation sites excluding steroid dienone is 2. The standard InChI is InChI=1S/C23H37N5O2.HI/c1-4-24-23(25-7-9-27-13-15(2)11-16(3)14-27)26-8-10-28-21(29)19-17-5-6-18(12-17)20(19)22(28)30;/h5-6,15-20H,4,7-14H2,1-3H3,(H2,24,25,26);1H. The van der Waals surface area contributed by atoms with Crippen molar-refractivity contribution < 1.29 is 9.59 Å². The highest BCUT2D eigenvalue weighted by Gasteiger charge is 2.58. The molecule has 2 N–H and O–H groups in total. The Hall–Kier alpha value is -1.16. The molecule has 2 bridgehead atoms. The summed E-state index contributed by atoms with van der Waals surface area (Å²) in [5, 5.41) is 6.58. The van der Waals surface area contributed by atoms with Crippen molar-refractivity contribution in [2.75, 3.05) is 45.8 Å². The second-order valence-corrected chi connectivity index (χ2v) is 9.72. The van der Waals surface area contributed by atoms with Crippen molar-refractivity contribution in [1.29, 1.82) is 0 Å². The van der Waals surface area contributed by atoms with Crippen molar-refractivity contribution in [3.05, 3.63) is 12.2 Å². The number of piperidine rings is 1. The van der Waals surface area contributed by atoms with E-state index in [-0.39, 0.29) is 59.5 Å². The maximum Gasteiger partial charge on any atom is 0.233 e. The Labute approximate surface area is 203 Å². The number of fused-ring (bicyclic) bond motifs is 5. The van der Waals surface area contributed by atoms with Crippen LogP contribution in [0.15, 0.2) is 17.1 Å². The number of nitrogens with one attached hydrogen (secondary N) is 2. The molecular weight excluding hydrogens is 505 g/mol. The van der Waals surface area contributed by atoms with Crippen molar-refractivity contribution in [1.82, 2.24) is 20.4 Å². The van der Waals surface area contributed by atoms with E-state index in [2.05, 4.69) is 41.5 Å². The van der Waals surface area contributed by atoms with Gasteiger partial charge in [0.1, 0.15) is 0 Å². The topological polar surface area (TPSA) is 77.0 Å². The fourth-order valence-corrected chi connectivity index (χ4v) is 6.09. The molecule has 0 aromatic carbocycles. The predicted octanol–water partition coefficient (Wildman–Crippen LogP) is 1.94. The molecule has 0 aromatic heterocycles. The van der Waals surface area contributed by atoms with E-state index in [0.29, 0.717) is 13.1 Å². The van der Waals surface area contributed by atoms with Gasteiger partial charge in [-0.1, -0.05) is 26.0 Å². The van der Waals surface area contributed by atoms with Gasteiger partial charge in [-0.3, -0.25) is 19.5 Å². The number of amides is 2. The minimum atomic E-state index is -0.108. The van der Waals surface area contributed by atoms with Crippen LogP contribution < -0.4 is 10.6 Å². The van der Waals surface area contributed by atoms with Gasteiger partial charge in [0.25, 0.3) is 0 Å². The lowest BCUT2D eigenvalue weighted by Crippen LogP contribution is -2.44. The Kier molecular flexibility index (Phi) is 8.40. The summed E-state index contributed by atoms with van der Waals surface area (Å²) >= 11 is 0. The molecule has 174 valence electrons. The molecule has 4 rings (SSSR count). The van der Waals surface area contributed by atoms with E-state index in [9.17, 15) is 9.59 Å².